The van der Waals surface area contributed by atoms with Crippen LogP contribution in [-0.4, -0.2) is 55.4 Å². The highest BCUT2D eigenvalue weighted by atomic mass is 35.5. The molecule has 0 amide bonds. The topological polar surface area (TPSA) is 98.8 Å². The van der Waals surface area contributed by atoms with Crippen molar-refractivity contribution in [1.82, 2.24) is 14.3 Å². The van der Waals surface area contributed by atoms with Crippen LogP contribution in [0.25, 0.3) is 11.7 Å². The minimum Gasteiger partial charge on any atom is -0.353 e. The molecule has 1 aliphatic rings. The van der Waals surface area contributed by atoms with Crippen molar-refractivity contribution in [3.05, 3.63) is 74.0 Å². The molecule has 0 bridgehead atoms. The Hall–Kier alpha value is -3.19. The lowest BCUT2D eigenvalue weighted by Gasteiger charge is -2.35. The summed E-state index contributed by atoms with van der Waals surface area (Å²) in [5.41, 5.74) is 0.956. The fourth-order valence-corrected chi connectivity index (χ4v) is 5.25. The van der Waals surface area contributed by atoms with E-state index in [-0.39, 0.29) is 10.5 Å². The summed E-state index contributed by atoms with van der Waals surface area (Å²) >= 11 is 5.89. The number of likely N-dealkylation sites (N-methyl/N-ethyl adjacent to an activating group) is 1. The number of anilines is 1. The van der Waals surface area contributed by atoms with E-state index in [4.69, 9.17) is 16.6 Å². The van der Waals surface area contributed by atoms with Gasteiger partial charge in [-0.2, -0.15) is 5.26 Å². The normalized spacial score (nSPS) is 15.5. The molecule has 0 saturated carbocycles. The zero-order chi connectivity index (χ0) is 24.5. The van der Waals surface area contributed by atoms with Gasteiger partial charge in [-0.05, 0) is 55.4 Å². The summed E-state index contributed by atoms with van der Waals surface area (Å²) in [7, 11) is -4.17. The molecule has 0 atom stereocenters. The van der Waals surface area contributed by atoms with Crippen molar-refractivity contribution in [3.63, 3.8) is 0 Å². The van der Waals surface area contributed by atoms with Crippen molar-refractivity contribution in [2.45, 2.75) is 18.7 Å². The van der Waals surface area contributed by atoms with Gasteiger partial charge in [0.2, 0.25) is 9.84 Å². The number of aromatic nitrogens is 2. The first-order chi connectivity index (χ1) is 16.3. The number of sulfone groups is 1. The molecule has 0 N–H and O–H groups in total. The molecule has 1 fully saturated rings. The van der Waals surface area contributed by atoms with Gasteiger partial charge in [0.1, 0.15) is 22.4 Å². The molecule has 4 rings (SSSR count). The van der Waals surface area contributed by atoms with Gasteiger partial charge in [-0.15, -0.1) is 0 Å². The van der Waals surface area contributed by atoms with E-state index in [0.29, 0.717) is 29.6 Å². The monoisotopic (exact) mass is 497 g/mol. The highest BCUT2D eigenvalue weighted by Gasteiger charge is 2.26. The van der Waals surface area contributed by atoms with E-state index in [1.54, 1.807) is 18.3 Å². The van der Waals surface area contributed by atoms with Crippen LogP contribution in [0.5, 0.6) is 0 Å². The van der Waals surface area contributed by atoms with E-state index in [9.17, 15) is 18.5 Å². The van der Waals surface area contributed by atoms with Crippen molar-refractivity contribution >= 4 is 39.0 Å². The maximum atomic E-state index is 13.5. The van der Waals surface area contributed by atoms with Crippen molar-refractivity contribution in [1.29, 1.82) is 5.26 Å². The lowest BCUT2D eigenvalue weighted by Crippen LogP contribution is -2.47. The summed E-state index contributed by atoms with van der Waals surface area (Å²) in [4.78, 5) is 22.0. The van der Waals surface area contributed by atoms with E-state index < -0.39 is 20.3 Å². The van der Waals surface area contributed by atoms with E-state index in [1.165, 1.54) is 28.7 Å². The molecule has 8 nitrogen and oxygen atoms in total. The molecule has 0 aliphatic carbocycles. The second kappa shape index (κ2) is 9.58. The fraction of sp³-hybridized carbons (Fsp3) is 0.292. The van der Waals surface area contributed by atoms with Crippen LogP contribution in [0.2, 0.25) is 5.02 Å². The number of nitriles is 1. The third kappa shape index (κ3) is 4.44. The number of pyridine rings is 1. The van der Waals surface area contributed by atoms with E-state index in [1.807, 2.05) is 17.9 Å². The second-order valence-electron chi connectivity index (χ2n) is 8.04. The largest absolute Gasteiger partial charge is 0.353 e. The van der Waals surface area contributed by atoms with Crippen molar-refractivity contribution < 1.29 is 8.42 Å². The van der Waals surface area contributed by atoms with Crippen LogP contribution in [0, 0.1) is 18.3 Å². The molecular weight excluding hydrogens is 474 g/mol. The summed E-state index contributed by atoms with van der Waals surface area (Å²) in [5.74, 6) is 0.383. The number of aryl methyl sites for hydroxylation is 1. The first-order valence-electron chi connectivity index (χ1n) is 10.9. The predicted molar refractivity (Wildman–Crippen MR) is 133 cm³/mol. The lowest BCUT2D eigenvalue weighted by atomic mass is 10.2. The molecular formula is C24H24ClN5O3S. The van der Waals surface area contributed by atoms with E-state index in [2.05, 4.69) is 11.8 Å². The highest BCUT2D eigenvalue weighted by molar-refractivity contribution is 7.95. The van der Waals surface area contributed by atoms with Crippen molar-refractivity contribution in [3.8, 4) is 6.07 Å². The maximum absolute atomic E-state index is 13.5. The Morgan fingerprint density at radius 1 is 1.18 bits per heavy atom. The van der Waals surface area contributed by atoms with Gasteiger partial charge >= 0.3 is 0 Å². The van der Waals surface area contributed by atoms with E-state index >= 15 is 0 Å². The SMILES string of the molecule is CCN1CCN(c2nc3c(C)cccn3c(=O)c2/C=C(\C#N)S(=O)(=O)c2ccc(Cl)cc2)CC1. The van der Waals surface area contributed by atoms with Gasteiger partial charge < -0.3 is 9.80 Å². The van der Waals surface area contributed by atoms with Crippen LogP contribution >= 0.6 is 11.6 Å². The minimum absolute atomic E-state index is 0.0714. The van der Waals surface area contributed by atoms with E-state index in [0.717, 1.165) is 31.3 Å². The number of benzene rings is 1. The number of hydrogen-bond acceptors (Lipinski definition) is 7. The third-order valence-electron chi connectivity index (χ3n) is 5.98. The molecule has 1 aromatic carbocycles. The standard InChI is InChI=1S/C24H24ClN5O3S/c1-3-28-11-13-29(14-12-28)23-21(24(31)30-10-4-5-17(2)22(30)27-23)15-20(16-26)34(32,33)19-8-6-18(25)7-9-19/h4-10,15H,3,11-14H2,1-2H3/b20-15+. The van der Waals surface area contributed by atoms with Gasteiger partial charge in [-0.3, -0.25) is 9.20 Å². The van der Waals surface area contributed by atoms with Gasteiger partial charge in [0.25, 0.3) is 5.56 Å². The van der Waals surface area contributed by atoms with Crippen molar-refractivity contribution in [2.24, 2.45) is 0 Å². The number of halogens is 1. The third-order valence-corrected chi connectivity index (χ3v) is 7.92. The molecule has 0 radical (unpaired) electrons. The lowest BCUT2D eigenvalue weighted by molar-refractivity contribution is 0.270. The van der Waals surface area contributed by atoms with Gasteiger partial charge in [-0.1, -0.05) is 24.6 Å². The summed E-state index contributed by atoms with van der Waals surface area (Å²) in [6.45, 7) is 7.73. The molecule has 1 saturated heterocycles. The number of piperazine rings is 1. The predicted octanol–water partition coefficient (Wildman–Crippen LogP) is 3.14. The van der Waals surface area contributed by atoms with Crippen molar-refractivity contribution in [2.75, 3.05) is 37.6 Å². The minimum atomic E-state index is -4.17. The summed E-state index contributed by atoms with van der Waals surface area (Å²) < 4.78 is 27.8. The molecule has 1 aliphatic heterocycles. The van der Waals surface area contributed by atoms with Gasteiger partial charge in [0.15, 0.2) is 0 Å². The Bertz CT molecular complexity index is 1470. The molecule has 3 heterocycles. The molecule has 10 heteroatoms. The number of fused-ring (bicyclic) bond motifs is 1. The Balaban J connectivity index is 1.92. The van der Waals surface area contributed by atoms with Crippen LogP contribution < -0.4 is 10.5 Å². The smallest absolute Gasteiger partial charge is 0.267 e. The van der Waals surface area contributed by atoms with Crippen LogP contribution in [0.4, 0.5) is 5.82 Å². The molecule has 0 unspecified atom stereocenters. The summed E-state index contributed by atoms with van der Waals surface area (Å²) in [6, 6.07) is 10.9. The number of hydrogen-bond donors (Lipinski definition) is 0. The number of nitrogens with zero attached hydrogens (tertiary/aromatic N) is 5. The molecule has 2 aromatic heterocycles. The zero-order valence-corrected chi connectivity index (χ0v) is 20.5. The van der Waals surface area contributed by atoms with Crippen LogP contribution in [0.1, 0.15) is 18.1 Å². The average molecular weight is 498 g/mol. The maximum Gasteiger partial charge on any atom is 0.267 e. The number of rotatable bonds is 5. The first kappa shape index (κ1) is 24.0. The quantitative estimate of drug-likeness (QED) is 0.499. The zero-order valence-electron chi connectivity index (χ0n) is 18.9. The molecule has 3 aromatic rings. The fourth-order valence-electron chi connectivity index (χ4n) is 3.99. The van der Waals surface area contributed by atoms with Gasteiger partial charge in [0, 0.05) is 37.4 Å². The van der Waals surface area contributed by atoms with Gasteiger partial charge in [0.05, 0.1) is 10.5 Å². The summed E-state index contributed by atoms with van der Waals surface area (Å²) in [5, 5.41) is 10.2. The Morgan fingerprint density at radius 2 is 1.85 bits per heavy atom. The molecule has 0 spiro atoms. The Kier molecular flexibility index (Phi) is 6.75. The Morgan fingerprint density at radius 3 is 2.47 bits per heavy atom. The molecule has 34 heavy (non-hydrogen) atoms. The summed E-state index contributed by atoms with van der Waals surface area (Å²) in [6.07, 6.45) is 2.74. The van der Waals surface area contributed by atoms with Crippen LogP contribution in [0.15, 0.2) is 57.2 Å². The van der Waals surface area contributed by atoms with Gasteiger partial charge in [-0.25, -0.2) is 13.4 Å². The first-order valence-corrected chi connectivity index (χ1v) is 12.7. The number of allylic oxidation sites excluding steroid dienone is 1. The molecule has 176 valence electrons. The van der Waals surface area contributed by atoms with Crippen LogP contribution in [0.3, 0.4) is 0 Å². The van der Waals surface area contributed by atoms with Crippen LogP contribution in [-0.2, 0) is 9.84 Å². The second-order valence-corrected chi connectivity index (χ2v) is 10.4. The average Bonchev–Trinajstić information content (AvgIpc) is 2.84. The highest BCUT2D eigenvalue weighted by Crippen LogP contribution is 2.26. The Labute approximate surface area is 203 Å².